The molecule has 7 rings (SSSR count). The largest absolute Gasteiger partial charge is 0.496 e. The summed E-state index contributed by atoms with van der Waals surface area (Å²) in [6, 6.07) is 24.7. The van der Waals surface area contributed by atoms with Crippen LogP contribution < -0.4 is 31.7 Å². The normalized spacial score (nSPS) is 16.8. The molecule has 298 valence electrons. The number of ether oxygens (including phenoxy) is 2. The first-order valence-corrected chi connectivity index (χ1v) is 21.6. The van der Waals surface area contributed by atoms with Gasteiger partial charge in [0.1, 0.15) is 27.5 Å². The van der Waals surface area contributed by atoms with E-state index >= 15 is 4.39 Å². The maximum absolute atomic E-state index is 15.1. The second kappa shape index (κ2) is 16.0. The molecular formula is C42H47FN6O6SSi. The number of thiophene rings is 1. The summed E-state index contributed by atoms with van der Waals surface area (Å²) in [6.45, 7) is 10.5. The monoisotopic (exact) mass is 810 g/mol. The van der Waals surface area contributed by atoms with Crippen molar-refractivity contribution in [1.82, 2.24) is 29.4 Å². The highest BCUT2D eigenvalue weighted by Crippen LogP contribution is 2.38. The standard InChI is InChI=1S/C42H47FN6O6SSi/c1-28-36-37(51)48(42(5)20-19-35(50)44-27-42)40(52)47(39(36)56-38(28)49-45-21-22-46-49)26-34(32-25-29(43)17-18-33(32)53-6)54-23-24-55-57(41(2,3)4,30-13-9-7-10-14-30)31-15-11-8-12-16-31/h7-18,21-22,25,34H,19-20,23-24,26-27H2,1-6H3,(H,44,50)/t34-,42?/m0/s1. The highest BCUT2D eigenvalue weighted by Gasteiger charge is 2.50. The smallest absolute Gasteiger partial charge is 0.332 e. The Bertz CT molecular complexity index is 2450. The summed E-state index contributed by atoms with van der Waals surface area (Å²) in [6.07, 6.45) is 2.58. The number of piperidine rings is 1. The van der Waals surface area contributed by atoms with Gasteiger partial charge in [-0.25, -0.2) is 9.18 Å². The summed E-state index contributed by atoms with van der Waals surface area (Å²) in [5, 5.41) is 14.3. The van der Waals surface area contributed by atoms with Crippen LogP contribution in [0.3, 0.4) is 0 Å². The molecule has 2 atom stereocenters. The van der Waals surface area contributed by atoms with E-state index in [0.29, 0.717) is 32.1 Å². The van der Waals surface area contributed by atoms with Crippen molar-refractivity contribution in [2.75, 3.05) is 26.9 Å². The summed E-state index contributed by atoms with van der Waals surface area (Å²) < 4.78 is 37.4. The molecular weight excluding hydrogens is 764 g/mol. The maximum Gasteiger partial charge on any atom is 0.332 e. The third kappa shape index (κ3) is 7.40. The number of carbonyl (C=O) groups excluding carboxylic acids is 1. The quantitative estimate of drug-likeness (QED) is 0.124. The molecule has 1 aliphatic rings. The van der Waals surface area contributed by atoms with E-state index in [9.17, 15) is 14.4 Å². The number of rotatable bonds is 13. The average molecular weight is 811 g/mol. The molecule has 12 nitrogen and oxygen atoms in total. The fraction of sp³-hybridized carbons (Fsp3) is 0.357. The number of nitrogens with zero attached hydrogens (tertiary/aromatic N) is 5. The van der Waals surface area contributed by atoms with E-state index in [1.807, 2.05) is 36.4 Å². The van der Waals surface area contributed by atoms with Crippen LogP contribution in [0.25, 0.3) is 15.2 Å². The Morgan fingerprint density at radius 2 is 1.61 bits per heavy atom. The number of methoxy groups -OCH3 is 1. The van der Waals surface area contributed by atoms with Crippen LogP contribution in [0.15, 0.2) is 101 Å². The molecule has 1 amide bonds. The molecule has 57 heavy (non-hydrogen) atoms. The van der Waals surface area contributed by atoms with Crippen molar-refractivity contribution in [2.24, 2.45) is 0 Å². The predicted octanol–water partition coefficient (Wildman–Crippen LogP) is 5.22. The molecule has 4 heterocycles. The van der Waals surface area contributed by atoms with E-state index in [0.717, 1.165) is 10.4 Å². The molecule has 0 saturated carbocycles. The summed E-state index contributed by atoms with van der Waals surface area (Å²) in [5.41, 5.74) is -1.09. The van der Waals surface area contributed by atoms with E-state index in [2.05, 4.69) is 60.6 Å². The summed E-state index contributed by atoms with van der Waals surface area (Å²) in [4.78, 5) is 43.4. The molecule has 1 saturated heterocycles. The lowest BCUT2D eigenvalue weighted by molar-refractivity contribution is -0.124. The topological polar surface area (TPSA) is 132 Å². The molecule has 15 heteroatoms. The van der Waals surface area contributed by atoms with Crippen molar-refractivity contribution in [2.45, 2.75) is 70.7 Å². The zero-order chi connectivity index (χ0) is 40.5. The van der Waals surface area contributed by atoms with Crippen LogP contribution in [-0.2, 0) is 26.0 Å². The maximum atomic E-state index is 15.1. The van der Waals surface area contributed by atoms with Crippen molar-refractivity contribution in [3.63, 3.8) is 0 Å². The molecule has 1 N–H and O–H groups in total. The van der Waals surface area contributed by atoms with Crippen LogP contribution >= 0.6 is 11.3 Å². The predicted molar refractivity (Wildman–Crippen MR) is 221 cm³/mol. The van der Waals surface area contributed by atoms with Crippen LogP contribution in [0.4, 0.5) is 4.39 Å². The number of hydrogen-bond acceptors (Lipinski definition) is 9. The zero-order valence-electron chi connectivity index (χ0n) is 33.0. The number of benzene rings is 3. The number of hydrogen-bond donors (Lipinski definition) is 1. The third-order valence-electron chi connectivity index (χ3n) is 10.9. The molecule has 1 fully saturated rings. The van der Waals surface area contributed by atoms with Gasteiger partial charge in [0.15, 0.2) is 0 Å². The van der Waals surface area contributed by atoms with E-state index in [1.54, 1.807) is 13.8 Å². The minimum absolute atomic E-state index is 0.0854. The zero-order valence-corrected chi connectivity index (χ0v) is 34.8. The van der Waals surface area contributed by atoms with Crippen molar-refractivity contribution in [1.29, 1.82) is 0 Å². The first-order valence-electron chi connectivity index (χ1n) is 18.9. The minimum Gasteiger partial charge on any atom is -0.496 e. The minimum atomic E-state index is -2.92. The van der Waals surface area contributed by atoms with Crippen LogP contribution in [0.2, 0.25) is 5.04 Å². The number of amides is 1. The van der Waals surface area contributed by atoms with Gasteiger partial charge in [-0.15, -0.1) is 4.80 Å². The number of aromatic nitrogens is 5. The Morgan fingerprint density at radius 3 is 2.19 bits per heavy atom. The Hall–Kier alpha value is -5.22. The fourth-order valence-corrected chi connectivity index (χ4v) is 13.8. The van der Waals surface area contributed by atoms with Gasteiger partial charge < -0.3 is 19.2 Å². The van der Waals surface area contributed by atoms with Gasteiger partial charge >= 0.3 is 5.69 Å². The number of fused-ring (bicyclic) bond motifs is 1. The number of nitrogens with one attached hydrogen (secondary N) is 1. The highest BCUT2D eigenvalue weighted by molar-refractivity contribution is 7.21. The van der Waals surface area contributed by atoms with Crippen molar-refractivity contribution in [3.8, 4) is 10.8 Å². The van der Waals surface area contributed by atoms with E-state index < -0.39 is 37.0 Å². The van der Waals surface area contributed by atoms with Crippen LogP contribution in [0.5, 0.6) is 5.75 Å². The van der Waals surface area contributed by atoms with Gasteiger partial charge in [0.2, 0.25) is 5.91 Å². The lowest BCUT2D eigenvalue weighted by atomic mass is 9.91. The van der Waals surface area contributed by atoms with Crippen LogP contribution in [0.1, 0.15) is 57.8 Å². The lowest BCUT2D eigenvalue weighted by Crippen LogP contribution is -2.66. The Kier molecular flexibility index (Phi) is 11.2. The van der Waals surface area contributed by atoms with Crippen LogP contribution in [0, 0.1) is 12.7 Å². The van der Waals surface area contributed by atoms with Gasteiger partial charge in [-0.2, -0.15) is 10.2 Å². The van der Waals surface area contributed by atoms with E-state index in [-0.39, 0.29) is 50.1 Å². The highest BCUT2D eigenvalue weighted by atomic mass is 32.1. The number of carbonyl (C=O) groups is 1. The Morgan fingerprint density at radius 1 is 0.965 bits per heavy atom. The molecule has 0 aliphatic carbocycles. The molecule has 0 spiro atoms. The van der Waals surface area contributed by atoms with Gasteiger partial charge in [0.25, 0.3) is 13.9 Å². The summed E-state index contributed by atoms with van der Waals surface area (Å²) >= 11 is 1.21. The molecule has 0 bridgehead atoms. The Balaban J connectivity index is 1.33. The van der Waals surface area contributed by atoms with Gasteiger partial charge in [-0.05, 0) is 53.9 Å². The average Bonchev–Trinajstić information content (AvgIpc) is 3.85. The van der Waals surface area contributed by atoms with Crippen molar-refractivity contribution in [3.05, 3.63) is 129 Å². The Labute approximate surface area is 335 Å². The second-order valence-corrected chi connectivity index (χ2v) is 20.9. The van der Waals surface area contributed by atoms with E-state index in [1.165, 1.54) is 63.0 Å². The first kappa shape index (κ1) is 40.0. The SMILES string of the molecule is COc1ccc(F)cc1[C@H](Cn1c(=O)n(C2(C)CCC(=O)NC2)c(=O)c2c(C)c(-n3nccn3)sc21)OCCO[Si](c1ccccc1)(c1ccccc1)C(C)(C)C. The summed E-state index contributed by atoms with van der Waals surface area (Å²) in [7, 11) is -1.43. The first-order chi connectivity index (χ1) is 27.3. The van der Waals surface area contributed by atoms with Crippen LogP contribution in [-0.4, -0.2) is 65.2 Å². The molecule has 3 aromatic carbocycles. The fourth-order valence-electron chi connectivity index (χ4n) is 8.03. The van der Waals surface area contributed by atoms with Gasteiger partial charge in [0, 0.05) is 24.1 Å². The third-order valence-corrected chi connectivity index (χ3v) is 17.2. The molecule has 1 unspecified atom stereocenters. The molecule has 1 aliphatic heterocycles. The van der Waals surface area contributed by atoms with Gasteiger partial charge in [-0.1, -0.05) is 92.8 Å². The number of halogens is 1. The van der Waals surface area contributed by atoms with Gasteiger partial charge in [-0.3, -0.25) is 18.7 Å². The summed E-state index contributed by atoms with van der Waals surface area (Å²) in [5.74, 6) is -0.278. The van der Waals surface area contributed by atoms with Gasteiger partial charge in [0.05, 0.1) is 50.2 Å². The lowest BCUT2D eigenvalue weighted by Gasteiger charge is -2.43. The van der Waals surface area contributed by atoms with Crippen molar-refractivity contribution < 1.29 is 23.1 Å². The molecule has 0 radical (unpaired) electrons. The second-order valence-electron chi connectivity index (χ2n) is 15.6. The van der Waals surface area contributed by atoms with Crippen molar-refractivity contribution >= 4 is 46.2 Å². The molecule has 3 aromatic heterocycles. The number of aryl methyl sites for hydroxylation is 1. The van der Waals surface area contributed by atoms with E-state index in [4.69, 9.17) is 13.9 Å². The molecule has 6 aromatic rings.